The molecule has 0 aliphatic rings. The summed E-state index contributed by atoms with van der Waals surface area (Å²) in [6.07, 6.45) is 0.818. The van der Waals surface area contributed by atoms with Crippen LogP contribution in [0.15, 0.2) is 53.3 Å². The molecule has 2 amide bonds. The van der Waals surface area contributed by atoms with E-state index in [1.165, 1.54) is 0 Å². The predicted octanol–water partition coefficient (Wildman–Crippen LogP) is 4.13. The molecule has 0 radical (unpaired) electrons. The highest BCUT2D eigenvalue weighted by molar-refractivity contribution is 5.89. The minimum atomic E-state index is -0.209. The molecule has 2 N–H and O–H groups in total. The quantitative estimate of drug-likeness (QED) is 0.620. The van der Waals surface area contributed by atoms with Gasteiger partial charge in [0.2, 0.25) is 0 Å². The van der Waals surface area contributed by atoms with Crippen molar-refractivity contribution in [3.63, 3.8) is 0 Å². The first-order chi connectivity index (χ1) is 14.3. The third-order valence-electron chi connectivity index (χ3n) is 5.33. The van der Waals surface area contributed by atoms with Gasteiger partial charge in [0.25, 0.3) is 5.56 Å². The molecule has 1 aromatic heterocycles. The highest BCUT2D eigenvalue weighted by Gasteiger charge is 2.17. The molecule has 0 spiro atoms. The first kappa shape index (κ1) is 21.6. The number of pyridine rings is 1. The molecular formula is C24H30N4O2. The minimum absolute atomic E-state index is 0.152. The SMILES string of the molecule is Cc1ccc2cc(CN(CCCN(C)C)C(=O)Nc3ccccc3)c(=O)[nH]c2c1C. The number of aromatic nitrogens is 1. The van der Waals surface area contributed by atoms with Gasteiger partial charge in [-0.25, -0.2) is 4.79 Å². The zero-order valence-electron chi connectivity index (χ0n) is 18.2. The van der Waals surface area contributed by atoms with E-state index in [1.54, 1.807) is 4.90 Å². The van der Waals surface area contributed by atoms with Crippen molar-refractivity contribution in [2.45, 2.75) is 26.8 Å². The Bertz CT molecular complexity index is 1070. The third-order valence-corrected chi connectivity index (χ3v) is 5.33. The number of carbonyl (C=O) groups is 1. The highest BCUT2D eigenvalue weighted by Crippen LogP contribution is 2.19. The Hall–Kier alpha value is -3.12. The molecular weight excluding hydrogens is 376 g/mol. The van der Waals surface area contributed by atoms with Gasteiger partial charge in [0, 0.05) is 17.8 Å². The van der Waals surface area contributed by atoms with Gasteiger partial charge in [-0.3, -0.25) is 4.79 Å². The van der Waals surface area contributed by atoms with E-state index < -0.39 is 0 Å². The lowest BCUT2D eigenvalue weighted by Gasteiger charge is -2.24. The van der Waals surface area contributed by atoms with Crippen molar-refractivity contribution in [3.8, 4) is 0 Å². The summed E-state index contributed by atoms with van der Waals surface area (Å²) in [5, 5.41) is 3.91. The van der Waals surface area contributed by atoms with Gasteiger partial charge in [0.05, 0.1) is 12.1 Å². The van der Waals surface area contributed by atoms with Gasteiger partial charge < -0.3 is 20.1 Å². The van der Waals surface area contributed by atoms with Gasteiger partial charge in [-0.15, -0.1) is 0 Å². The summed E-state index contributed by atoms with van der Waals surface area (Å²) in [5.74, 6) is 0. The van der Waals surface area contributed by atoms with Crippen LogP contribution in [0.1, 0.15) is 23.1 Å². The Morgan fingerprint density at radius 1 is 1.03 bits per heavy atom. The van der Waals surface area contributed by atoms with Crippen LogP contribution >= 0.6 is 0 Å². The fourth-order valence-electron chi connectivity index (χ4n) is 3.45. The van der Waals surface area contributed by atoms with Crippen LogP contribution in [-0.2, 0) is 6.54 Å². The van der Waals surface area contributed by atoms with Crippen molar-refractivity contribution < 1.29 is 4.79 Å². The summed E-state index contributed by atoms with van der Waals surface area (Å²) >= 11 is 0. The molecule has 6 nitrogen and oxygen atoms in total. The number of nitrogens with zero attached hydrogens (tertiary/aromatic N) is 2. The van der Waals surface area contributed by atoms with E-state index in [4.69, 9.17) is 0 Å². The van der Waals surface area contributed by atoms with E-state index in [-0.39, 0.29) is 18.1 Å². The minimum Gasteiger partial charge on any atom is -0.321 e. The highest BCUT2D eigenvalue weighted by atomic mass is 16.2. The number of para-hydroxylation sites is 1. The molecule has 6 heteroatoms. The van der Waals surface area contributed by atoms with Crippen LogP contribution in [0.2, 0.25) is 0 Å². The Labute approximate surface area is 177 Å². The summed E-state index contributed by atoms with van der Waals surface area (Å²) in [5.41, 5.74) is 4.23. The van der Waals surface area contributed by atoms with Crippen molar-refractivity contribution in [2.75, 3.05) is 32.5 Å². The fraction of sp³-hybridized carbons (Fsp3) is 0.333. The molecule has 0 bridgehead atoms. The fourth-order valence-corrected chi connectivity index (χ4v) is 3.45. The molecule has 30 heavy (non-hydrogen) atoms. The number of carbonyl (C=O) groups excluding carboxylic acids is 1. The zero-order chi connectivity index (χ0) is 21.7. The smallest absolute Gasteiger partial charge is 0.321 e. The number of urea groups is 1. The largest absolute Gasteiger partial charge is 0.322 e. The summed E-state index contributed by atoms with van der Waals surface area (Å²) in [6, 6.07) is 15.1. The maximum atomic E-state index is 13.0. The predicted molar refractivity (Wildman–Crippen MR) is 123 cm³/mol. The van der Waals surface area contributed by atoms with Gasteiger partial charge in [0.1, 0.15) is 0 Å². The van der Waals surface area contributed by atoms with Crippen LogP contribution in [0.25, 0.3) is 10.9 Å². The van der Waals surface area contributed by atoms with Gasteiger partial charge >= 0.3 is 6.03 Å². The number of fused-ring (bicyclic) bond motifs is 1. The maximum Gasteiger partial charge on any atom is 0.322 e. The molecule has 0 fully saturated rings. The standard InChI is InChI=1S/C24H30N4O2/c1-17-11-12-19-15-20(23(29)26-22(19)18(17)2)16-28(14-8-13-27(3)4)24(30)25-21-9-6-5-7-10-21/h5-7,9-12,15H,8,13-14,16H2,1-4H3,(H,25,30)(H,26,29). The summed E-state index contributed by atoms with van der Waals surface area (Å²) in [6.45, 7) is 5.71. The van der Waals surface area contributed by atoms with Crippen molar-refractivity contribution in [2.24, 2.45) is 0 Å². The van der Waals surface area contributed by atoms with Gasteiger partial charge in [-0.1, -0.05) is 30.3 Å². The Kier molecular flexibility index (Phi) is 6.90. The number of benzene rings is 2. The number of hydrogen-bond donors (Lipinski definition) is 2. The normalized spacial score (nSPS) is 11.1. The lowest BCUT2D eigenvalue weighted by atomic mass is 10.0. The van der Waals surface area contributed by atoms with Crippen LogP contribution in [0, 0.1) is 13.8 Å². The van der Waals surface area contributed by atoms with Crippen LogP contribution in [-0.4, -0.2) is 48.0 Å². The van der Waals surface area contributed by atoms with E-state index in [9.17, 15) is 9.59 Å². The molecule has 0 aliphatic carbocycles. The second kappa shape index (κ2) is 9.59. The van der Waals surface area contributed by atoms with Crippen molar-refractivity contribution in [1.29, 1.82) is 0 Å². The van der Waals surface area contributed by atoms with Gasteiger partial charge in [-0.05, 0) is 75.6 Å². The number of anilines is 1. The second-order valence-electron chi connectivity index (χ2n) is 7.97. The number of amides is 2. The summed E-state index contributed by atoms with van der Waals surface area (Å²) in [7, 11) is 4.01. The van der Waals surface area contributed by atoms with Crippen molar-refractivity contribution in [1.82, 2.24) is 14.8 Å². The number of rotatable bonds is 7. The molecule has 0 saturated carbocycles. The monoisotopic (exact) mass is 406 g/mol. The van der Waals surface area contributed by atoms with Gasteiger partial charge in [0.15, 0.2) is 0 Å². The molecule has 2 aromatic carbocycles. The van der Waals surface area contributed by atoms with E-state index >= 15 is 0 Å². The lowest BCUT2D eigenvalue weighted by molar-refractivity contribution is 0.205. The van der Waals surface area contributed by atoms with Gasteiger partial charge in [-0.2, -0.15) is 0 Å². The van der Waals surface area contributed by atoms with Crippen LogP contribution < -0.4 is 10.9 Å². The first-order valence-corrected chi connectivity index (χ1v) is 10.2. The maximum absolute atomic E-state index is 13.0. The Morgan fingerprint density at radius 3 is 2.47 bits per heavy atom. The van der Waals surface area contributed by atoms with E-state index in [1.807, 2.05) is 70.4 Å². The average molecular weight is 407 g/mol. The number of H-pyrrole nitrogens is 1. The number of hydrogen-bond acceptors (Lipinski definition) is 3. The number of aromatic amines is 1. The lowest BCUT2D eigenvalue weighted by Crippen LogP contribution is -2.37. The second-order valence-corrected chi connectivity index (χ2v) is 7.97. The summed E-state index contributed by atoms with van der Waals surface area (Å²) < 4.78 is 0. The van der Waals surface area contributed by atoms with Crippen LogP contribution in [0.5, 0.6) is 0 Å². The molecule has 1 heterocycles. The molecule has 0 aliphatic heterocycles. The Morgan fingerprint density at radius 2 is 1.77 bits per heavy atom. The molecule has 3 aromatic rings. The first-order valence-electron chi connectivity index (χ1n) is 10.2. The summed E-state index contributed by atoms with van der Waals surface area (Å²) in [4.78, 5) is 32.5. The average Bonchev–Trinajstić information content (AvgIpc) is 2.71. The molecule has 158 valence electrons. The number of aryl methyl sites for hydroxylation is 2. The zero-order valence-corrected chi connectivity index (χ0v) is 18.2. The van der Waals surface area contributed by atoms with E-state index in [0.717, 1.165) is 40.7 Å². The third kappa shape index (κ3) is 5.27. The molecule has 0 atom stereocenters. The topological polar surface area (TPSA) is 68.4 Å². The van der Waals surface area contributed by atoms with Crippen LogP contribution in [0.4, 0.5) is 10.5 Å². The van der Waals surface area contributed by atoms with E-state index in [2.05, 4.69) is 21.3 Å². The molecule has 0 unspecified atom stereocenters. The van der Waals surface area contributed by atoms with Crippen molar-refractivity contribution in [3.05, 3.63) is 75.6 Å². The van der Waals surface area contributed by atoms with Crippen molar-refractivity contribution >= 4 is 22.6 Å². The number of nitrogens with one attached hydrogen (secondary N) is 2. The van der Waals surface area contributed by atoms with E-state index in [0.29, 0.717) is 12.1 Å². The van der Waals surface area contributed by atoms with Crippen LogP contribution in [0.3, 0.4) is 0 Å². The molecule has 0 saturated heterocycles. The Balaban J connectivity index is 1.86. The molecule has 3 rings (SSSR count).